The predicted octanol–water partition coefficient (Wildman–Crippen LogP) is 2.29. The Balaban J connectivity index is 1.79. The number of likely N-dealkylation sites (tertiary alicyclic amines) is 1. The number of nitrogens with zero attached hydrogens (tertiary/aromatic N) is 2. The molecule has 1 saturated heterocycles. The predicted molar refractivity (Wildman–Crippen MR) is 119 cm³/mol. The van der Waals surface area contributed by atoms with Gasteiger partial charge in [0.1, 0.15) is 17.2 Å². The van der Waals surface area contributed by atoms with Gasteiger partial charge in [-0.1, -0.05) is 0 Å². The van der Waals surface area contributed by atoms with Gasteiger partial charge in [-0.2, -0.15) is 0 Å². The number of guanidine groups is 1. The molecule has 1 aliphatic rings. The second kappa shape index (κ2) is 12.8. The average molecular weight is 421 g/mol. The molecule has 2 rings (SSSR count). The average Bonchev–Trinajstić information content (AvgIpc) is 2.78. The van der Waals surface area contributed by atoms with Gasteiger partial charge in [-0.25, -0.2) is 0 Å². The summed E-state index contributed by atoms with van der Waals surface area (Å²) in [7, 11) is 4.94. The first kappa shape index (κ1) is 23.6. The lowest BCUT2D eigenvalue weighted by atomic mass is 9.93. The van der Waals surface area contributed by atoms with Gasteiger partial charge in [0, 0.05) is 64.3 Å². The van der Waals surface area contributed by atoms with Crippen molar-refractivity contribution in [1.29, 1.82) is 0 Å². The van der Waals surface area contributed by atoms with E-state index < -0.39 is 0 Å². The van der Waals surface area contributed by atoms with E-state index >= 15 is 0 Å². The summed E-state index contributed by atoms with van der Waals surface area (Å²) in [5.74, 6) is 3.66. The van der Waals surface area contributed by atoms with Crippen molar-refractivity contribution in [2.75, 3.05) is 54.1 Å². The number of hydrogen-bond donors (Lipinski definition) is 2. The molecule has 2 N–H and O–H groups in total. The van der Waals surface area contributed by atoms with Crippen molar-refractivity contribution in [3.63, 3.8) is 0 Å². The molecule has 1 fully saturated rings. The van der Waals surface area contributed by atoms with Crippen molar-refractivity contribution in [2.24, 2.45) is 10.9 Å². The van der Waals surface area contributed by atoms with Crippen LogP contribution in [0.5, 0.6) is 17.2 Å². The largest absolute Gasteiger partial charge is 0.496 e. The molecule has 0 radical (unpaired) electrons. The minimum Gasteiger partial charge on any atom is -0.496 e. The molecule has 0 unspecified atom stereocenters. The van der Waals surface area contributed by atoms with Gasteiger partial charge in [-0.15, -0.1) is 0 Å². The molecule has 0 aromatic heterocycles. The van der Waals surface area contributed by atoms with Gasteiger partial charge in [0.25, 0.3) is 0 Å². The number of ether oxygens (including phenoxy) is 3. The normalized spacial score (nSPS) is 14.9. The Kier molecular flexibility index (Phi) is 10.1. The van der Waals surface area contributed by atoms with Crippen molar-refractivity contribution in [2.45, 2.75) is 32.6 Å². The van der Waals surface area contributed by atoms with Crippen LogP contribution in [0.25, 0.3) is 0 Å². The summed E-state index contributed by atoms with van der Waals surface area (Å²) < 4.78 is 16.4. The number of methoxy groups -OCH3 is 2. The topological polar surface area (TPSA) is 84.4 Å². The lowest BCUT2D eigenvalue weighted by Crippen LogP contribution is -2.46. The zero-order valence-electron chi connectivity index (χ0n) is 18.7. The third kappa shape index (κ3) is 7.65. The van der Waals surface area contributed by atoms with E-state index in [2.05, 4.69) is 22.5 Å². The molecule has 1 aromatic rings. The van der Waals surface area contributed by atoms with Crippen molar-refractivity contribution < 1.29 is 19.0 Å². The molecule has 1 heterocycles. The van der Waals surface area contributed by atoms with Crippen molar-refractivity contribution >= 4 is 11.9 Å². The molecule has 8 nitrogen and oxygen atoms in total. The number of aliphatic imine (C=N–C) groups is 1. The standard InChI is InChI=1S/C22H36N4O4/c1-5-24-22(26-10-7-17(8-11-26)13-21(27)23-2)25-9-6-12-30-20-15-18(28-3)14-19(16-20)29-4/h14-17H,5-13H2,1-4H3,(H,23,27)(H,24,25). The molecule has 8 heteroatoms. The summed E-state index contributed by atoms with van der Waals surface area (Å²) in [6, 6.07) is 5.51. The van der Waals surface area contributed by atoms with Crippen LogP contribution in [0.15, 0.2) is 23.2 Å². The second-order valence-electron chi connectivity index (χ2n) is 7.29. The lowest BCUT2D eigenvalue weighted by molar-refractivity contribution is -0.121. The number of nitrogens with one attached hydrogen (secondary N) is 2. The van der Waals surface area contributed by atoms with Gasteiger partial charge >= 0.3 is 0 Å². The zero-order valence-corrected chi connectivity index (χ0v) is 18.7. The van der Waals surface area contributed by atoms with Gasteiger partial charge in [0.05, 0.1) is 20.8 Å². The summed E-state index contributed by atoms with van der Waals surface area (Å²) >= 11 is 0. The minimum absolute atomic E-state index is 0.127. The van der Waals surface area contributed by atoms with Gasteiger partial charge in [-0.3, -0.25) is 9.79 Å². The van der Waals surface area contributed by atoms with E-state index in [1.54, 1.807) is 21.3 Å². The van der Waals surface area contributed by atoms with E-state index in [0.717, 1.165) is 50.6 Å². The number of hydrogen-bond acceptors (Lipinski definition) is 5. The Morgan fingerprint density at radius 1 is 1.13 bits per heavy atom. The highest BCUT2D eigenvalue weighted by Crippen LogP contribution is 2.27. The maximum Gasteiger partial charge on any atom is 0.220 e. The van der Waals surface area contributed by atoms with E-state index in [9.17, 15) is 4.79 Å². The van der Waals surface area contributed by atoms with Crippen LogP contribution in [0.4, 0.5) is 0 Å². The van der Waals surface area contributed by atoms with Crippen LogP contribution in [0, 0.1) is 5.92 Å². The molecule has 0 saturated carbocycles. The van der Waals surface area contributed by atoms with Gasteiger partial charge < -0.3 is 29.7 Å². The fraction of sp³-hybridized carbons (Fsp3) is 0.636. The maximum absolute atomic E-state index is 11.6. The molecule has 1 aromatic carbocycles. The molecular weight excluding hydrogens is 384 g/mol. The van der Waals surface area contributed by atoms with Crippen LogP contribution in [0.3, 0.4) is 0 Å². The monoisotopic (exact) mass is 420 g/mol. The quantitative estimate of drug-likeness (QED) is 0.343. The zero-order chi connectivity index (χ0) is 21.8. The molecule has 0 atom stereocenters. The highest BCUT2D eigenvalue weighted by molar-refractivity contribution is 5.80. The fourth-order valence-electron chi connectivity index (χ4n) is 3.44. The maximum atomic E-state index is 11.6. The number of amides is 1. The molecule has 0 spiro atoms. The van der Waals surface area contributed by atoms with E-state index in [0.29, 0.717) is 37.0 Å². The van der Waals surface area contributed by atoms with Crippen LogP contribution in [-0.2, 0) is 4.79 Å². The highest BCUT2D eigenvalue weighted by Gasteiger charge is 2.22. The first-order chi connectivity index (χ1) is 14.6. The summed E-state index contributed by atoms with van der Waals surface area (Å²) in [4.78, 5) is 18.6. The van der Waals surface area contributed by atoms with Gasteiger partial charge in [0.15, 0.2) is 5.96 Å². The van der Waals surface area contributed by atoms with Gasteiger partial charge in [0.2, 0.25) is 5.91 Å². The minimum atomic E-state index is 0.127. The number of rotatable bonds is 10. The highest BCUT2D eigenvalue weighted by atomic mass is 16.5. The molecule has 30 heavy (non-hydrogen) atoms. The molecule has 1 aliphatic heterocycles. The lowest BCUT2D eigenvalue weighted by Gasteiger charge is -2.34. The number of benzene rings is 1. The smallest absolute Gasteiger partial charge is 0.220 e. The van der Waals surface area contributed by atoms with E-state index in [1.807, 2.05) is 18.2 Å². The van der Waals surface area contributed by atoms with Crippen molar-refractivity contribution in [1.82, 2.24) is 15.5 Å². The van der Waals surface area contributed by atoms with Crippen LogP contribution in [-0.4, -0.2) is 70.8 Å². The van der Waals surface area contributed by atoms with Gasteiger partial charge in [-0.05, 0) is 25.7 Å². The Bertz CT molecular complexity index is 665. The Morgan fingerprint density at radius 2 is 1.77 bits per heavy atom. The fourth-order valence-corrected chi connectivity index (χ4v) is 3.44. The molecule has 0 aliphatic carbocycles. The number of piperidine rings is 1. The van der Waals surface area contributed by atoms with Crippen LogP contribution in [0.2, 0.25) is 0 Å². The summed E-state index contributed by atoms with van der Waals surface area (Å²) in [5, 5.41) is 6.10. The number of carbonyl (C=O) groups is 1. The third-order valence-corrected chi connectivity index (χ3v) is 5.16. The first-order valence-electron chi connectivity index (χ1n) is 10.7. The second-order valence-corrected chi connectivity index (χ2v) is 7.29. The molecule has 1 amide bonds. The van der Waals surface area contributed by atoms with Crippen LogP contribution < -0.4 is 24.8 Å². The third-order valence-electron chi connectivity index (χ3n) is 5.16. The molecule has 168 valence electrons. The molecular formula is C22H36N4O4. The first-order valence-corrected chi connectivity index (χ1v) is 10.7. The van der Waals surface area contributed by atoms with E-state index in [-0.39, 0.29) is 5.91 Å². The Hall–Kier alpha value is -2.64. The SMILES string of the molecule is CCNC(=NCCCOc1cc(OC)cc(OC)c1)N1CCC(CC(=O)NC)CC1. The number of carbonyl (C=O) groups excluding carboxylic acids is 1. The molecule has 0 bridgehead atoms. The Labute approximate surface area is 180 Å². The van der Waals surface area contributed by atoms with Crippen molar-refractivity contribution in [3.05, 3.63) is 18.2 Å². The Morgan fingerprint density at radius 3 is 2.33 bits per heavy atom. The van der Waals surface area contributed by atoms with Crippen LogP contribution >= 0.6 is 0 Å². The summed E-state index contributed by atoms with van der Waals surface area (Å²) in [5.41, 5.74) is 0. The van der Waals surface area contributed by atoms with E-state index in [4.69, 9.17) is 19.2 Å². The van der Waals surface area contributed by atoms with Crippen LogP contribution in [0.1, 0.15) is 32.6 Å². The van der Waals surface area contributed by atoms with Crippen molar-refractivity contribution in [3.8, 4) is 17.2 Å². The summed E-state index contributed by atoms with van der Waals surface area (Å²) in [6.45, 7) is 6.00. The van der Waals surface area contributed by atoms with E-state index in [1.165, 1.54) is 0 Å². The summed E-state index contributed by atoms with van der Waals surface area (Å²) in [6.07, 6.45) is 3.45.